The highest BCUT2D eigenvalue weighted by atomic mass is 16.4. The molecule has 1 aromatic heterocycles. The number of anilines is 3. The van der Waals surface area contributed by atoms with Crippen LogP contribution < -0.4 is 16.8 Å². The number of amides is 1. The van der Waals surface area contributed by atoms with E-state index in [1.54, 1.807) is 0 Å². The molecule has 12 heavy (non-hydrogen) atoms. The molecule has 6 N–H and O–H groups in total. The van der Waals surface area contributed by atoms with Crippen molar-refractivity contribution in [2.45, 2.75) is 0 Å². The highest BCUT2D eigenvalue weighted by Crippen LogP contribution is 2.08. The van der Waals surface area contributed by atoms with Gasteiger partial charge < -0.3 is 16.6 Å². The van der Waals surface area contributed by atoms with Crippen LogP contribution in [0.5, 0.6) is 0 Å². The van der Waals surface area contributed by atoms with Gasteiger partial charge in [-0.3, -0.25) is 5.32 Å². The number of nitrogens with one attached hydrogen (secondary N) is 1. The van der Waals surface area contributed by atoms with E-state index >= 15 is 0 Å². The second-order valence-corrected chi connectivity index (χ2v) is 1.97. The summed E-state index contributed by atoms with van der Waals surface area (Å²) in [7, 11) is 0. The number of nitrogens with two attached hydrogens (primary N) is 2. The van der Waals surface area contributed by atoms with Gasteiger partial charge in [-0.2, -0.15) is 9.97 Å². The zero-order chi connectivity index (χ0) is 9.14. The van der Waals surface area contributed by atoms with Crippen LogP contribution in [0.1, 0.15) is 0 Å². The molecule has 7 nitrogen and oxygen atoms in total. The number of carbonyl (C=O) groups is 1. The second kappa shape index (κ2) is 2.91. The largest absolute Gasteiger partial charge is 0.465 e. The standard InChI is InChI=1S/C5H7N5O2/c6-2-1-3(10-5(11)12)9-4(7)8-2/h1H,(H,11,12)(H5,6,7,8,9,10). The van der Waals surface area contributed by atoms with Gasteiger partial charge in [0.2, 0.25) is 5.95 Å². The van der Waals surface area contributed by atoms with Crippen molar-refractivity contribution in [3.8, 4) is 0 Å². The molecule has 0 unspecified atom stereocenters. The molecule has 0 bridgehead atoms. The summed E-state index contributed by atoms with van der Waals surface area (Å²) in [6.07, 6.45) is -1.23. The van der Waals surface area contributed by atoms with Gasteiger partial charge in [0.15, 0.2) is 0 Å². The highest BCUT2D eigenvalue weighted by Gasteiger charge is 2.01. The second-order valence-electron chi connectivity index (χ2n) is 1.97. The minimum atomic E-state index is -1.23. The first-order chi connectivity index (χ1) is 5.58. The molecule has 64 valence electrons. The first-order valence-electron chi connectivity index (χ1n) is 2.98. The van der Waals surface area contributed by atoms with Crippen LogP contribution in [-0.2, 0) is 0 Å². The van der Waals surface area contributed by atoms with Gasteiger partial charge in [-0.25, -0.2) is 4.79 Å². The van der Waals surface area contributed by atoms with Crippen molar-refractivity contribution in [3.63, 3.8) is 0 Å². The molecule has 0 aliphatic carbocycles. The van der Waals surface area contributed by atoms with Crippen molar-refractivity contribution < 1.29 is 9.90 Å². The van der Waals surface area contributed by atoms with Gasteiger partial charge in [0.1, 0.15) is 11.6 Å². The highest BCUT2D eigenvalue weighted by molar-refractivity contribution is 5.82. The fourth-order valence-electron chi connectivity index (χ4n) is 0.659. The average molecular weight is 169 g/mol. The third-order valence-electron chi connectivity index (χ3n) is 0.998. The molecular weight excluding hydrogens is 162 g/mol. The molecular formula is C5H7N5O2. The number of carboxylic acid groups (broad SMARTS) is 1. The molecule has 1 rings (SSSR count). The lowest BCUT2D eigenvalue weighted by atomic mass is 10.5. The van der Waals surface area contributed by atoms with Crippen molar-refractivity contribution in [1.82, 2.24) is 9.97 Å². The summed E-state index contributed by atoms with van der Waals surface area (Å²) in [5, 5.41) is 10.3. The molecule has 0 radical (unpaired) electrons. The van der Waals surface area contributed by atoms with E-state index in [4.69, 9.17) is 16.6 Å². The van der Waals surface area contributed by atoms with E-state index in [1.165, 1.54) is 6.07 Å². The Hall–Kier alpha value is -2.05. The predicted molar refractivity (Wildman–Crippen MR) is 42.5 cm³/mol. The lowest BCUT2D eigenvalue weighted by molar-refractivity contribution is 0.209. The number of rotatable bonds is 1. The van der Waals surface area contributed by atoms with E-state index in [2.05, 4.69) is 9.97 Å². The summed E-state index contributed by atoms with van der Waals surface area (Å²) in [5.41, 5.74) is 10.5. The van der Waals surface area contributed by atoms with Crippen LogP contribution in [0.4, 0.5) is 22.4 Å². The third-order valence-corrected chi connectivity index (χ3v) is 0.998. The maximum absolute atomic E-state index is 10.1. The van der Waals surface area contributed by atoms with Gasteiger partial charge in [0.25, 0.3) is 0 Å². The Labute approximate surface area is 67.4 Å². The fourth-order valence-corrected chi connectivity index (χ4v) is 0.659. The Morgan fingerprint density at radius 1 is 1.50 bits per heavy atom. The Morgan fingerprint density at radius 3 is 2.67 bits per heavy atom. The van der Waals surface area contributed by atoms with Crippen molar-refractivity contribution in [2.75, 3.05) is 16.8 Å². The van der Waals surface area contributed by atoms with Gasteiger partial charge in [-0.1, -0.05) is 0 Å². The van der Waals surface area contributed by atoms with Gasteiger partial charge in [-0.05, 0) is 0 Å². The molecule has 0 saturated heterocycles. The van der Waals surface area contributed by atoms with Crippen molar-refractivity contribution in [2.24, 2.45) is 0 Å². The molecule has 1 amide bonds. The van der Waals surface area contributed by atoms with E-state index in [1.807, 2.05) is 5.32 Å². The van der Waals surface area contributed by atoms with Gasteiger partial charge in [0, 0.05) is 6.07 Å². The normalized spacial score (nSPS) is 9.33. The Morgan fingerprint density at radius 2 is 2.17 bits per heavy atom. The zero-order valence-corrected chi connectivity index (χ0v) is 5.98. The molecule has 0 saturated carbocycles. The first kappa shape index (κ1) is 8.05. The first-order valence-corrected chi connectivity index (χ1v) is 2.98. The summed E-state index contributed by atoms with van der Waals surface area (Å²) in [5.74, 6) is 0.109. The Kier molecular flexibility index (Phi) is 1.95. The molecule has 1 aromatic rings. The summed E-state index contributed by atoms with van der Waals surface area (Å²) < 4.78 is 0. The van der Waals surface area contributed by atoms with Crippen molar-refractivity contribution >= 4 is 23.7 Å². The Balaban J connectivity index is 2.93. The maximum Gasteiger partial charge on any atom is 0.410 e. The molecule has 0 aromatic carbocycles. The van der Waals surface area contributed by atoms with Gasteiger partial charge in [-0.15, -0.1) is 0 Å². The van der Waals surface area contributed by atoms with Crippen LogP contribution in [0.3, 0.4) is 0 Å². The number of nitrogens with zero attached hydrogens (tertiary/aromatic N) is 2. The molecule has 1 heterocycles. The van der Waals surface area contributed by atoms with E-state index in [9.17, 15) is 4.79 Å². The number of nitrogen functional groups attached to an aromatic ring is 2. The predicted octanol–water partition coefficient (Wildman–Crippen LogP) is -0.269. The molecule has 0 aliphatic heterocycles. The van der Waals surface area contributed by atoms with Crippen LogP contribution in [0, 0.1) is 0 Å². The number of aromatic nitrogens is 2. The molecule has 7 heteroatoms. The lowest BCUT2D eigenvalue weighted by Gasteiger charge is -2.00. The number of hydrogen-bond acceptors (Lipinski definition) is 5. The topological polar surface area (TPSA) is 127 Å². The van der Waals surface area contributed by atoms with Gasteiger partial charge >= 0.3 is 6.09 Å². The van der Waals surface area contributed by atoms with Crippen LogP contribution >= 0.6 is 0 Å². The molecule has 0 fully saturated rings. The zero-order valence-electron chi connectivity index (χ0n) is 5.98. The Bertz CT molecular complexity index is 292. The van der Waals surface area contributed by atoms with E-state index < -0.39 is 6.09 Å². The van der Waals surface area contributed by atoms with E-state index in [0.29, 0.717) is 0 Å². The fraction of sp³-hybridized carbons (Fsp3) is 0. The van der Waals surface area contributed by atoms with E-state index in [0.717, 1.165) is 0 Å². The number of hydrogen-bond donors (Lipinski definition) is 4. The maximum atomic E-state index is 10.1. The van der Waals surface area contributed by atoms with E-state index in [-0.39, 0.29) is 17.6 Å². The van der Waals surface area contributed by atoms with Crippen LogP contribution in [-0.4, -0.2) is 21.2 Å². The lowest BCUT2D eigenvalue weighted by Crippen LogP contribution is -2.11. The van der Waals surface area contributed by atoms with Crippen LogP contribution in [0.2, 0.25) is 0 Å². The van der Waals surface area contributed by atoms with Gasteiger partial charge in [0.05, 0.1) is 0 Å². The minimum Gasteiger partial charge on any atom is -0.465 e. The summed E-state index contributed by atoms with van der Waals surface area (Å²) >= 11 is 0. The smallest absolute Gasteiger partial charge is 0.410 e. The molecule has 0 spiro atoms. The third kappa shape index (κ3) is 1.97. The van der Waals surface area contributed by atoms with Crippen molar-refractivity contribution in [1.29, 1.82) is 0 Å². The molecule has 0 atom stereocenters. The summed E-state index contributed by atoms with van der Waals surface area (Å²) in [6.45, 7) is 0. The quantitative estimate of drug-likeness (QED) is 0.458. The molecule has 0 aliphatic rings. The SMILES string of the molecule is Nc1cc(NC(=O)O)nc(N)n1. The summed E-state index contributed by atoms with van der Waals surface area (Å²) in [4.78, 5) is 17.3. The van der Waals surface area contributed by atoms with Crippen LogP contribution in [0.15, 0.2) is 6.07 Å². The minimum absolute atomic E-state index is 0.0625. The summed E-state index contributed by atoms with van der Waals surface area (Å²) in [6, 6.07) is 1.27. The average Bonchev–Trinajstić information content (AvgIpc) is 1.81. The van der Waals surface area contributed by atoms with Crippen molar-refractivity contribution in [3.05, 3.63) is 6.07 Å². The monoisotopic (exact) mass is 169 g/mol. The van der Waals surface area contributed by atoms with Crippen LogP contribution in [0.25, 0.3) is 0 Å².